The predicted octanol–water partition coefficient (Wildman–Crippen LogP) is 2.25. The molecule has 6 heteroatoms. The molecule has 0 saturated carbocycles. The van der Waals surface area contributed by atoms with Crippen LogP contribution in [-0.2, 0) is 13.6 Å². The standard InChI is InChI=1S/C15H18N4O2/c1-10-13(9-19(3)18-10)8-16-15(21)17-14-6-4-12(5-7-14)11(2)20/h4-7,9H,8H2,1-3H3,(H2,16,17,21). The van der Waals surface area contributed by atoms with Gasteiger partial charge in [0.15, 0.2) is 5.78 Å². The van der Waals surface area contributed by atoms with Gasteiger partial charge in [0.05, 0.1) is 5.69 Å². The van der Waals surface area contributed by atoms with Crippen molar-refractivity contribution >= 4 is 17.5 Å². The molecule has 2 amide bonds. The van der Waals surface area contributed by atoms with Crippen LogP contribution < -0.4 is 10.6 Å². The van der Waals surface area contributed by atoms with Crippen LogP contribution in [-0.4, -0.2) is 21.6 Å². The summed E-state index contributed by atoms with van der Waals surface area (Å²) in [5.74, 6) is -0.00180. The number of carbonyl (C=O) groups is 2. The van der Waals surface area contributed by atoms with Crippen molar-refractivity contribution < 1.29 is 9.59 Å². The highest BCUT2D eigenvalue weighted by atomic mass is 16.2. The molecule has 0 unspecified atom stereocenters. The summed E-state index contributed by atoms with van der Waals surface area (Å²) in [5.41, 5.74) is 3.12. The summed E-state index contributed by atoms with van der Waals surface area (Å²) in [7, 11) is 1.84. The molecule has 0 aliphatic rings. The van der Waals surface area contributed by atoms with E-state index in [1.165, 1.54) is 6.92 Å². The van der Waals surface area contributed by atoms with Crippen LogP contribution in [0, 0.1) is 6.92 Å². The van der Waals surface area contributed by atoms with Crippen molar-refractivity contribution in [3.63, 3.8) is 0 Å². The number of hydrogen-bond acceptors (Lipinski definition) is 3. The Morgan fingerprint density at radius 2 is 1.90 bits per heavy atom. The summed E-state index contributed by atoms with van der Waals surface area (Å²) in [5, 5.41) is 9.70. The molecule has 2 aromatic rings. The van der Waals surface area contributed by atoms with Crippen LogP contribution in [0.4, 0.5) is 10.5 Å². The summed E-state index contributed by atoms with van der Waals surface area (Å²) in [6.45, 7) is 3.82. The summed E-state index contributed by atoms with van der Waals surface area (Å²) < 4.78 is 1.71. The molecule has 2 N–H and O–H groups in total. The molecule has 6 nitrogen and oxygen atoms in total. The van der Waals surface area contributed by atoms with Gasteiger partial charge in [-0.25, -0.2) is 4.79 Å². The fourth-order valence-electron chi connectivity index (χ4n) is 1.96. The van der Waals surface area contributed by atoms with Crippen molar-refractivity contribution in [2.45, 2.75) is 20.4 Å². The average molecular weight is 286 g/mol. The lowest BCUT2D eigenvalue weighted by molar-refractivity contribution is 0.101. The van der Waals surface area contributed by atoms with E-state index in [4.69, 9.17) is 0 Å². The molecular weight excluding hydrogens is 268 g/mol. The summed E-state index contributed by atoms with van der Waals surface area (Å²) in [4.78, 5) is 23.0. The zero-order chi connectivity index (χ0) is 15.4. The Bertz CT molecular complexity index is 659. The number of benzene rings is 1. The highest BCUT2D eigenvalue weighted by Gasteiger charge is 2.06. The van der Waals surface area contributed by atoms with Crippen LogP contribution >= 0.6 is 0 Å². The number of nitrogens with zero attached hydrogens (tertiary/aromatic N) is 2. The van der Waals surface area contributed by atoms with Gasteiger partial charge in [0.1, 0.15) is 0 Å². The van der Waals surface area contributed by atoms with Gasteiger partial charge < -0.3 is 10.6 Å². The molecule has 0 aliphatic heterocycles. The van der Waals surface area contributed by atoms with Crippen molar-refractivity contribution in [1.29, 1.82) is 0 Å². The number of amides is 2. The highest BCUT2D eigenvalue weighted by molar-refractivity contribution is 5.95. The first-order valence-electron chi connectivity index (χ1n) is 6.60. The number of nitrogens with one attached hydrogen (secondary N) is 2. The van der Waals surface area contributed by atoms with Gasteiger partial charge in [-0.05, 0) is 38.1 Å². The molecule has 0 fully saturated rings. The molecule has 0 aliphatic carbocycles. The van der Waals surface area contributed by atoms with E-state index < -0.39 is 0 Å². The smallest absolute Gasteiger partial charge is 0.319 e. The van der Waals surface area contributed by atoms with E-state index in [-0.39, 0.29) is 11.8 Å². The van der Waals surface area contributed by atoms with Gasteiger partial charge >= 0.3 is 6.03 Å². The Hall–Kier alpha value is -2.63. The molecule has 1 aromatic carbocycles. The van der Waals surface area contributed by atoms with Crippen molar-refractivity contribution in [3.8, 4) is 0 Å². The number of Topliss-reactive ketones (excluding diaryl/α,β-unsaturated/α-hetero) is 1. The molecule has 0 bridgehead atoms. The molecule has 0 saturated heterocycles. The average Bonchev–Trinajstić information content (AvgIpc) is 2.75. The third kappa shape index (κ3) is 3.92. The quantitative estimate of drug-likeness (QED) is 0.846. The van der Waals surface area contributed by atoms with Crippen LogP contribution in [0.2, 0.25) is 0 Å². The third-order valence-corrected chi connectivity index (χ3v) is 3.10. The van der Waals surface area contributed by atoms with Crippen LogP contribution in [0.1, 0.15) is 28.5 Å². The van der Waals surface area contributed by atoms with Crippen LogP contribution in [0.25, 0.3) is 0 Å². The van der Waals surface area contributed by atoms with Gasteiger partial charge in [0.2, 0.25) is 0 Å². The van der Waals surface area contributed by atoms with Crippen molar-refractivity contribution in [1.82, 2.24) is 15.1 Å². The largest absolute Gasteiger partial charge is 0.334 e. The maximum Gasteiger partial charge on any atom is 0.319 e. The number of anilines is 1. The maximum absolute atomic E-state index is 11.8. The SMILES string of the molecule is CC(=O)c1ccc(NC(=O)NCc2cn(C)nc2C)cc1. The first-order chi connectivity index (χ1) is 9.95. The summed E-state index contributed by atoms with van der Waals surface area (Å²) in [6, 6.07) is 6.47. The molecule has 1 heterocycles. The maximum atomic E-state index is 11.8. The van der Waals surface area contributed by atoms with E-state index in [0.29, 0.717) is 17.8 Å². The Labute approximate surface area is 123 Å². The Kier molecular flexibility index (Phi) is 4.37. The minimum absolute atomic E-state index is 0.00180. The van der Waals surface area contributed by atoms with Crippen LogP contribution in [0.15, 0.2) is 30.5 Å². The van der Waals surface area contributed by atoms with Gasteiger partial charge in [-0.15, -0.1) is 0 Å². The van der Waals surface area contributed by atoms with E-state index in [1.54, 1.807) is 28.9 Å². The number of urea groups is 1. The molecule has 0 atom stereocenters. The number of ketones is 1. The number of rotatable bonds is 4. The molecular formula is C15H18N4O2. The van der Waals surface area contributed by atoms with E-state index in [0.717, 1.165) is 11.3 Å². The van der Waals surface area contributed by atoms with Gasteiger partial charge in [0, 0.05) is 36.6 Å². The molecule has 1 aromatic heterocycles. The van der Waals surface area contributed by atoms with Gasteiger partial charge in [-0.2, -0.15) is 5.10 Å². The molecule has 2 rings (SSSR count). The number of aryl methyl sites for hydroxylation is 2. The predicted molar refractivity (Wildman–Crippen MR) is 80.2 cm³/mol. The molecule has 110 valence electrons. The number of carbonyl (C=O) groups excluding carboxylic acids is 2. The normalized spacial score (nSPS) is 10.2. The topological polar surface area (TPSA) is 76.0 Å². The minimum atomic E-state index is -0.297. The van der Waals surface area contributed by atoms with Crippen molar-refractivity contribution in [3.05, 3.63) is 47.3 Å². The van der Waals surface area contributed by atoms with Crippen molar-refractivity contribution in [2.75, 3.05) is 5.32 Å². The summed E-state index contributed by atoms with van der Waals surface area (Å²) in [6.07, 6.45) is 1.87. The second kappa shape index (κ2) is 6.21. The molecule has 0 spiro atoms. The number of aromatic nitrogens is 2. The Balaban J connectivity index is 1.89. The monoisotopic (exact) mass is 286 g/mol. The Morgan fingerprint density at radius 1 is 1.24 bits per heavy atom. The van der Waals surface area contributed by atoms with Crippen LogP contribution in [0.3, 0.4) is 0 Å². The van der Waals surface area contributed by atoms with Crippen LogP contribution in [0.5, 0.6) is 0 Å². The molecule has 21 heavy (non-hydrogen) atoms. The zero-order valence-corrected chi connectivity index (χ0v) is 12.3. The Morgan fingerprint density at radius 3 is 2.43 bits per heavy atom. The van der Waals surface area contributed by atoms with Crippen molar-refractivity contribution in [2.24, 2.45) is 7.05 Å². The first kappa shape index (κ1) is 14.8. The number of hydrogen-bond donors (Lipinski definition) is 2. The van der Waals surface area contributed by atoms with E-state index in [9.17, 15) is 9.59 Å². The van der Waals surface area contributed by atoms with Gasteiger partial charge in [-0.1, -0.05) is 0 Å². The van der Waals surface area contributed by atoms with Gasteiger partial charge in [-0.3, -0.25) is 9.48 Å². The first-order valence-corrected chi connectivity index (χ1v) is 6.60. The fraction of sp³-hybridized carbons (Fsp3) is 0.267. The third-order valence-electron chi connectivity index (χ3n) is 3.10. The lowest BCUT2D eigenvalue weighted by atomic mass is 10.1. The fourth-order valence-corrected chi connectivity index (χ4v) is 1.96. The summed E-state index contributed by atoms with van der Waals surface area (Å²) >= 11 is 0. The zero-order valence-electron chi connectivity index (χ0n) is 12.3. The molecule has 0 radical (unpaired) electrons. The highest BCUT2D eigenvalue weighted by Crippen LogP contribution is 2.10. The van der Waals surface area contributed by atoms with E-state index >= 15 is 0 Å². The van der Waals surface area contributed by atoms with E-state index in [2.05, 4.69) is 15.7 Å². The lowest BCUT2D eigenvalue weighted by Gasteiger charge is -2.07. The van der Waals surface area contributed by atoms with Gasteiger partial charge in [0.25, 0.3) is 0 Å². The minimum Gasteiger partial charge on any atom is -0.334 e. The second-order valence-corrected chi connectivity index (χ2v) is 4.85. The van der Waals surface area contributed by atoms with E-state index in [1.807, 2.05) is 20.2 Å². The second-order valence-electron chi connectivity index (χ2n) is 4.85. The lowest BCUT2D eigenvalue weighted by Crippen LogP contribution is -2.28.